The van der Waals surface area contributed by atoms with Crippen LogP contribution in [0.2, 0.25) is 0 Å². The van der Waals surface area contributed by atoms with Gasteiger partial charge in [0.15, 0.2) is 24.4 Å². The van der Waals surface area contributed by atoms with Crippen LogP contribution in [0.1, 0.15) is 98.2 Å². The first kappa shape index (κ1) is 44.8. The van der Waals surface area contributed by atoms with Crippen LogP contribution in [-0.4, -0.2) is 104 Å². The third-order valence-electron chi connectivity index (χ3n) is 13.7. The van der Waals surface area contributed by atoms with Crippen molar-refractivity contribution >= 4 is 35.0 Å². The summed E-state index contributed by atoms with van der Waals surface area (Å²) < 4.78 is 0. The maximum Gasteiger partial charge on any atom is 0.255 e. The second-order valence-electron chi connectivity index (χ2n) is 17.7. The molecule has 1 saturated carbocycles. The molecule has 8 N–H and O–H groups in total. The van der Waals surface area contributed by atoms with E-state index < -0.39 is 60.1 Å². The van der Waals surface area contributed by atoms with Crippen molar-refractivity contribution in [2.45, 2.75) is 114 Å². The van der Waals surface area contributed by atoms with Gasteiger partial charge in [0.25, 0.3) is 23.6 Å². The van der Waals surface area contributed by atoms with Gasteiger partial charge in [-0.2, -0.15) is 0 Å². The van der Waals surface area contributed by atoms with Gasteiger partial charge in [-0.1, -0.05) is 48.5 Å². The van der Waals surface area contributed by atoms with Crippen LogP contribution in [0.25, 0.3) is 0 Å². The van der Waals surface area contributed by atoms with Crippen LogP contribution in [0, 0.1) is 5.92 Å². The first-order valence-corrected chi connectivity index (χ1v) is 22.5. The Balaban J connectivity index is 0.812. The molecule has 4 heterocycles. The highest BCUT2D eigenvalue weighted by atomic mass is 16.4. The first-order chi connectivity index (χ1) is 30.9. The van der Waals surface area contributed by atoms with E-state index in [0.717, 1.165) is 84.3 Å². The average Bonchev–Trinajstić information content (AvgIpc) is 4.18. The number of carbonyl (C=O) groups is 4. The number of hydrogen-bond donors (Lipinski definition) is 8. The van der Waals surface area contributed by atoms with Gasteiger partial charge in [0.05, 0.1) is 24.4 Å². The SMILES string of the molecule is C[C@H](NC(=O)[C@H](O)[C@@H](O)C(=O)N1Cc2cccc(C3CCC([C@H]4CCCN4C(=O)[C@H](O)[C@@H](O)C(=O)N[C@@H](C)c4ccc(N5C=CCN5)cc4)CC3)c2C1)c1ccc(N2C=CNC2)cc1. The lowest BCUT2D eigenvalue weighted by atomic mass is 9.74. The normalized spacial score (nSPS) is 23.2. The lowest BCUT2D eigenvalue weighted by Crippen LogP contribution is -2.53. The molecule has 16 heteroatoms. The van der Waals surface area contributed by atoms with Gasteiger partial charge in [-0.3, -0.25) is 24.2 Å². The van der Waals surface area contributed by atoms with E-state index in [1.165, 1.54) is 4.90 Å². The Morgan fingerprint density at radius 3 is 1.92 bits per heavy atom. The van der Waals surface area contributed by atoms with Crippen molar-refractivity contribution in [2.75, 3.05) is 29.7 Å². The van der Waals surface area contributed by atoms with Crippen LogP contribution in [0.4, 0.5) is 11.4 Å². The number of benzene rings is 3. The summed E-state index contributed by atoms with van der Waals surface area (Å²) in [5, 5.41) is 54.1. The summed E-state index contributed by atoms with van der Waals surface area (Å²) in [7, 11) is 0. The number of amides is 4. The predicted octanol–water partition coefficient (Wildman–Crippen LogP) is 2.67. The Morgan fingerprint density at radius 1 is 0.703 bits per heavy atom. The summed E-state index contributed by atoms with van der Waals surface area (Å²) >= 11 is 0. The molecule has 1 saturated heterocycles. The van der Waals surface area contributed by atoms with Crippen LogP contribution in [0.15, 0.2) is 91.4 Å². The molecule has 16 nitrogen and oxygen atoms in total. The smallest absolute Gasteiger partial charge is 0.255 e. The quantitative estimate of drug-likeness (QED) is 0.118. The number of carbonyl (C=O) groups excluding carboxylic acids is 4. The number of fused-ring (bicyclic) bond motifs is 1. The van der Waals surface area contributed by atoms with Crippen molar-refractivity contribution in [3.8, 4) is 0 Å². The number of aliphatic hydroxyl groups excluding tert-OH is 4. The fourth-order valence-electron chi connectivity index (χ4n) is 9.98. The Bertz CT molecular complexity index is 2230. The van der Waals surface area contributed by atoms with Gasteiger partial charge in [-0.15, -0.1) is 0 Å². The van der Waals surface area contributed by atoms with Crippen molar-refractivity contribution in [1.29, 1.82) is 0 Å². The molecule has 64 heavy (non-hydrogen) atoms. The van der Waals surface area contributed by atoms with Crippen LogP contribution in [0.3, 0.4) is 0 Å². The van der Waals surface area contributed by atoms with E-state index in [1.54, 1.807) is 18.7 Å². The van der Waals surface area contributed by atoms with Gasteiger partial charge >= 0.3 is 0 Å². The zero-order valence-corrected chi connectivity index (χ0v) is 36.3. The molecule has 0 aromatic heterocycles. The Kier molecular flexibility index (Phi) is 13.7. The summed E-state index contributed by atoms with van der Waals surface area (Å²) in [4.78, 5) is 58.5. The lowest BCUT2D eigenvalue weighted by Gasteiger charge is -2.38. The lowest BCUT2D eigenvalue weighted by molar-refractivity contribution is -0.154. The largest absolute Gasteiger partial charge is 0.380 e. The fourth-order valence-corrected chi connectivity index (χ4v) is 9.98. The van der Waals surface area contributed by atoms with E-state index in [-0.39, 0.29) is 31.0 Å². The maximum atomic E-state index is 13.7. The van der Waals surface area contributed by atoms with Gasteiger partial charge in [0.2, 0.25) is 0 Å². The number of nitrogens with one attached hydrogen (secondary N) is 4. The number of aliphatic hydroxyl groups is 4. The second kappa shape index (κ2) is 19.5. The number of rotatable bonds is 14. The summed E-state index contributed by atoms with van der Waals surface area (Å²) in [6, 6.07) is 20.2. The molecule has 3 aromatic rings. The highest BCUT2D eigenvalue weighted by Crippen LogP contribution is 2.43. The number of hydrazine groups is 1. The van der Waals surface area contributed by atoms with E-state index in [0.29, 0.717) is 13.2 Å². The molecule has 4 amide bonds. The zero-order chi connectivity index (χ0) is 45.1. The van der Waals surface area contributed by atoms with E-state index in [1.807, 2.05) is 95.2 Å². The summed E-state index contributed by atoms with van der Waals surface area (Å²) in [5.41, 5.74) is 9.83. The van der Waals surface area contributed by atoms with Crippen LogP contribution in [0.5, 0.6) is 0 Å². The molecule has 2 fully saturated rings. The van der Waals surface area contributed by atoms with Crippen molar-refractivity contribution < 1.29 is 39.6 Å². The Morgan fingerprint density at radius 2 is 1.33 bits per heavy atom. The number of anilines is 2. The summed E-state index contributed by atoms with van der Waals surface area (Å²) in [5.74, 6) is -2.63. The van der Waals surface area contributed by atoms with Gasteiger partial charge in [0, 0.05) is 56.5 Å². The molecule has 0 unspecified atom stereocenters. The van der Waals surface area contributed by atoms with Crippen molar-refractivity contribution in [3.63, 3.8) is 0 Å². The van der Waals surface area contributed by atoms with E-state index >= 15 is 0 Å². The Labute approximate surface area is 373 Å². The second-order valence-corrected chi connectivity index (χ2v) is 17.7. The number of hydrogen-bond acceptors (Lipinski definition) is 12. The van der Waals surface area contributed by atoms with Crippen molar-refractivity contribution in [1.82, 2.24) is 31.2 Å². The van der Waals surface area contributed by atoms with Gasteiger partial charge < -0.3 is 51.1 Å². The Hall–Kier alpha value is -5.78. The van der Waals surface area contributed by atoms with Crippen molar-refractivity contribution in [3.05, 3.63) is 119 Å². The molecule has 7 atom stereocenters. The summed E-state index contributed by atoms with van der Waals surface area (Å²) in [6.45, 7) is 5.90. The molecule has 3 aromatic carbocycles. The average molecular weight is 877 g/mol. The minimum absolute atomic E-state index is 0.116. The third kappa shape index (κ3) is 9.52. The minimum atomic E-state index is -1.95. The molecular formula is C48H60N8O8. The molecule has 0 spiro atoms. The first-order valence-electron chi connectivity index (χ1n) is 22.5. The van der Waals surface area contributed by atoms with Crippen molar-refractivity contribution in [2.24, 2.45) is 5.92 Å². The van der Waals surface area contributed by atoms with E-state index in [4.69, 9.17) is 0 Å². The predicted molar refractivity (Wildman–Crippen MR) is 239 cm³/mol. The molecular weight excluding hydrogens is 817 g/mol. The minimum Gasteiger partial charge on any atom is -0.380 e. The van der Waals surface area contributed by atoms with Gasteiger partial charge in [0.1, 0.15) is 0 Å². The van der Waals surface area contributed by atoms with Gasteiger partial charge in [-0.05, 0) is 116 Å². The number of likely N-dealkylation sites (tertiary alicyclic amines) is 1. The van der Waals surface area contributed by atoms with E-state index in [2.05, 4.69) is 27.4 Å². The molecule has 0 bridgehead atoms. The molecule has 340 valence electrons. The third-order valence-corrected chi connectivity index (χ3v) is 13.7. The zero-order valence-electron chi connectivity index (χ0n) is 36.3. The molecule has 8 rings (SSSR count). The van der Waals surface area contributed by atoms with Crippen LogP contribution in [-0.2, 0) is 32.3 Å². The summed E-state index contributed by atoms with van der Waals surface area (Å²) in [6.07, 6.45) is 4.92. The molecule has 5 aliphatic rings. The van der Waals surface area contributed by atoms with Crippen LogP contribution < -0.4 is 31.3 Å². The van der Waals surface area contributed by atoms with Gasteiger partial charge in [-0.25, -0.2) is 5.43 Å². The van der Waals surface area contributed by atoms with E-state index in [9.17, 15) is 39.6 Å². The van der Waals surface area contributed by atoms with Crippen LogP contribution >= 0.6 is 0 Å². The fraction of sp³-hybridized carbons (Fsp3) is 0.458. The maximum absolute atomic E-state index is 13.7. The number of nitrogens with zero attached hydrogens (tertiary/aromatic N) is 4. The topological polar surface area (TPSA) is 210 Å². The monoisotopic (exact) mass is 876 g/mol. The standard InChI is InChI=1S/C48H60N8O8/c1-29(31-13-17-36(18-14-31)53-25-22-49-28-53)51-45(61)41(57)43(59)47(63)54-26-35-6-3-7-38(39(35)27-54)33-9-11-34(12-10-33)40-8-4-23-55(40)48(64)44(60)42(58)46(62)52-30(2)32-15-19-37(20-16-32)56-24-5-21-50-56/h3,5-7,13-20,22,24-25,29-30,33-34,40-44,49-50,57-60H,4,8-12,21,23,26-28H2,1-2H3,(H,51,61)(H,52,62)/t29-,30-,33?,34?,40+,41+,42+,43+,44+/m0/s1. The highest BCUT2D eigenvalue weighted by Gasteiger charge is 2.43. The molecule has 4 aliphatic heterocycles. The molecule has 1 aliphatic carbocycles. The highest BCUT2D eigenvalue weighted by molar-refractivity contribution is 5.92. The molecule has 0 radical (unpaired) electrons.